The zero-order valence-electron chi connectivity index (χ0n) is 12.2. The summed E-state index contributed by atoms with van der Waals surface area (Å²) in [5.41, 5.74) is 1.68. The molecule has 0 saturated heterocycles. The van der Waals surface area contributed by atoms with Crippen LogP contribution >= 0.6 is 23.4 Å². The van der Waals surface area contributed by atoms with Crippen LogP contribution in [0.3, 0.4) is 0 Å². The molecule has 0 bridgehead atoms. The largest absolute Gasteiger partial charge is 0.492 e. The Labute approximate surface area is 134 Å². The molecule has 1 heterocycles. The summed E-state index contributed by atoms with van der Waals surface area (Å²) >= 11 is 7.99. The lowest BCUT2D eigenvalue weighted by Gasteiger charge is -2.25. The molecule has 0 aromatic heterocycles. The number of nitrogens with one attached hydrogen (secondary N) is 1. The molecular formula is C15H20ClNO3S. The maximum Gasteiger partial charge on any atom is 0.215 e. The molecule has 2 N–H and O–H groups in total. The van der Waals surface area contributed by atoms with Gasteiger partial charge in [-0.15, -0.1) is 11.8 Å². The van der Waals surface area contributed by atoms with Gasteiger partial charge in [-0.2, -0.15) is 0 Å². The number of aliphatic hydroxyl groups is 1. The number of aliphatic hydroxyl groups excluding tert-OH is 1. The number of fused-ring (bicyclic) bond motifs is 1. The second-order valence-corrected chi connectivity index (χ2v) is 6.19. The fraction of sp³-hybridized carbons (Fsp3) is 0.533. The fourth-order valence-electron chi connectivity index (χ4n) is 2.39. The first kappa shape index (κ1) is 16.5. The van der Waals surface area contributed by atoms with E-state index in [4.69, 9.17) is 26.5 Å². The van der Waals surface area contributed by atoms with E-state index in [0.29, 0.717) is 29.5 Å². The van der Waals surface area contributed by atoms with Crippen LogP contribution < -0.4 is 4.74 Å². The van der Waals surface area contributed by atoms with Crippen molar-refractivity contribution < 1.29 is 14.6 Å². The lowest BCUT2D eigenvalue weighted by molar-refractivity contribution is 0.183. The minimum absolute atomic E-state index is 0.172. The maximum atomic E-state index is 10.5. The molecule has 0 aliphatic carbocycles. The summed E-state index contributed by atoms with van der Waals surface area (Å²) in [4.78, 5) is 0.978. The first-order chi connectivity index (χ1) is 10.1. The van der Waals surface area contributed by atoms with Gasteiger partial charge in [0.25, 0.3) is 0 Å². The van der Waals surface area contributed by atoms with Crippen molar-refractivity contribution in [1.82, 2.24) is 0 Å². The Morgan fingerprint density at radius 3 is 2.90 bits per heavy atom. The van der Waals surface area contributed by atoms with E-state index in [1.54, 1.807) is 18.7 Å². The van der Waals surface area contributed by atoms with Crippen LogP contribution in [0.1, 0.15) is 37.5 Å². The van der Waals surface area contributed by atoms with Crippen molar-refractivity contribution in [2.24, 2.45) is 0 Å². The van der Waals surface area contributed by atoms with Gasteiger partial charge in [0, 0.05) is 10.5 Å². The number of hydrogen-bond acceptors (Lipinski definition) is 5. The van der Waals surface area contributed by atoms with Crippen LogP contribution in [-0.4, -0.2) is 30.0 Å². The topological polar surface area (TPSA) is 62.5 Å². The molecule has 2 rings (SSSR count). The summed E-state index contributed by atoms with van der Waals surface area (Å²) in [6.07, 6.45) is 0.862. The zero-order chi connectivity index (χ0) is 15.4. The zero-order valence-corrected chi connectivity index (χ0v) is 13.8. The van der Waals surface area contributed by atoms with Gasteiger partial charge in [0.2, 0.25) is 5.90 Å². The van der Waals surface area contributed by atoms with E-state index in [0.717, 1.165) is 29.1 Å². The van der Waals surface area contributed by atoms with Gasteiger partial charge >= 0.3 is 0 Å². The van der Waals surface area contributed by atoms with E-state index < -0.39 is 6.10 Å². The van der Waals surface area contributed by atoms with E-state index in [2.05, 4.69) is 0 Å². The molecule has 4 nitrogen and oxygen atoms in total. The molecule has 116 valence electrons. The average Bonchev–Trinajstić information content (AvgIpc) is 2.47. The van der Waals surface area contributed by atoms with Crippen LogP contribution in [0.15, 0.2) is 11.0 Å². The van der Waals surface area contributed by atoms with Gasteiger partial charge in [-0.1, -0.05) is 11.6 Å². The Morgan fingerprint density at radius 2 is 2.24 bits per heavy atom. The number of thioether (sulfide) groups is 1. The van der Waals surface area contributed by atoms with Gasteiger partial charge in [-0.3, -0.25) is 5.41 Å². The van der Waals surface area contributed by atoms with Gasteiger partial charge in [0.15, 0.2) is 6.10 Å². The van der Waals surface area contributed by atoms with Crippen LogP contribution in [0.4, 0.5) is 0 Å². The molecule has 0 spiro atoms. The molecule has 1 aromatic rings. The van der Waals surface area contributed by atoms with E-state index in [-0.39, 0.29) is 5.90 Å². The summed E-state index contributed by atoms with van der Waals surface area (Å²) in [5.74, 6) is 1.28. The predicted octanol–water partition coefficient (Wildman–Crippen LogP) is 3.82. The summed E-state index contributed by atoms with van der Waals surface area (Å²) in [6.45, 7) is 4.44. The molecule has 1 aromatic carbocycles. The molecule has 0 saturated carbocycles. The van der Waals surface area contributed by atoms with Gasteiger partial charge in [0.1, 0.15) is 5.75 Å². The monoisotopic (exact) mass is 329 g/mol. The van der Waals surface area contributed by atoms with Crippen molar-refractivity contribution in [2.75, 3.05) is 19.0 Å². The Hall–Kier alpha value is -0.910. The number of ether oxygens (including phenoxy) is 2. The highest BCUT2D eigenvalue weighted by Gasteiger charge is 2.29. The Bertz CT molecular complexity index is 536. The van der Waals surface area contributed by atoms with Crippen LogP contribution in [0.5, 0.6) is 5.75 Å². The highest BCUT2D eigenvalue weighted by Crippen LogP contribution is 2.45. The van der Waals surface area contributed by atoms with Crippen molar-refractivity contribution in [3.8, 4) is 5.75 Å². The highest BCUT2D eigenvalue weighted by atomic mass is 35.5. The molecule has 1 atom stereocenters. The lowest BCUT2D eigenvalue weighted by atomic mass is 10.0. The van der Waals surface area contributed by atoms with E-state index in [1.807, 2.05) is 13.0 Å². The third kappa shape index (κ3) is 3.47. The van der Waals surface area contributed by atoms with E-state index in [1.165, 1.54) is 0 Å². The summed E-state index contributed by atoms with van der Waals surface area (Å²) in [6, 6.07) is 1.91. The first-order valence-electron chi connectivity index (χ1n) is 7.10. The smallest absolute Gasteiger partial charge is 0.215 e. The van der Waals surface area contributed by atoms with Crippen molar-refractivity contribution >= 4 is 29.3 Å². The number of rotatable bonds is 5. The molecular weight excluding hydrogens is 310 g/mol. The molecule has 0 radical (unpaired) electrons. The van der Waals surface area contributed by atoms with Gasteiger partial charge in [-0.25, -0.2) is 0 Å². The van der Waals surface area contributed by atoms with E-state index in [9.17, 15) is 5.11 Å². The molecule has 1 unspecified atom stereocenters. The highest BCUT2D eigenvalue weighted by molar-refractivity contribution is 7.99. The van der Waals surface area contributed by atoms with Gasteiger partial charge in [0.05, 0.1) is 18.2 Å². The minimum atomic E-state index is -1.15. The van der Waals surface area contributed by atoms with Crippen molar-refractivity contribution in [3.63, 3.8) is 0 Å². The number of aryl methyl sites for hydroxylation is 1. The number of halogens is 1. The van der Waals surface area contributed by atoms with Gasteiger partial charge < -0.3 is 14.6 Å². The summed E-state index contributed by atoms with van der Waals surface area (Å²) < 4.78 is 10.8. The molecule has 0 amide bonds. The van der Waals surface area contributed by atoms with Crippen LogP contribution in [0.25, 0.3) is 0 Å². The molecule has 0 fully saturated rings. The second kappa shape index (κ2) is 7.38. The molecule has 21 heavy (non-hydrogen) atoms. The number of hydrogen-bond donors (Lipinski definition) is 2. The van der Waals surface area contributed by atoms with Crippen molar-refractivity contribution in [1.29, 1.82) is 5.41 Å². The normalized spacial score (nSPS) is 15.2. The molecule has 1 aliphatic rings. The third-order valence-electron chi connectivity index (χ3n) is 3.25. The molecule has 6 heteroatoms. The first-order valence-corrected chi connectivity index (χ1v) is 8.46. The SMILES string of the molecule is CCOC(=N)C(O)c1c(OCC)c(Cl)cc2c1SCCC2. The third-order valence-corrected chi connectivity index (χ3v) is 4.79. The minimum Gasteiger partial charge on any atom is -0.492 e. The Morgan fingerprint density at radius 1 is 1.48 bits per heavy atom. The van der Waals surface area contributed by atoms with E-state index >= 15 is 0 Å². The van der Waals surface area contributed by atoms with Crippen molar-refractivity contribution in [3.05, 3.63) is 22.2 Å². The second-order valence-electron chi connectivity index (χ2n) is 4.67. The Kier molecular flexibility index (Phi) is 5.79. The molecule has 1 aliphatic heterocycles. The van der Waals surface area contributed by atoms with Crippen LogP contribution in [0.2, 0.25) is 5.02 Å². The average molecular weight is 330 g/mol. The van der Waals surface area contributed by atoms with Gasteiger partial charge in [-0.05, 0) is 44.1 Å². The maximum absolute atomic E-state index is 10.5. The summed E-state index contributed by atoms with van der Waals surface area (Å²) in [5, 5.41) is 18.9. The quantitative estimate of drug-likeness (QED) is 0.636. The predicted molar refractivity (Wildman–Crippen MR) is 86.0 cm³/mol. The van der Waals surface area contributed by atoms with Crippen LogP contribution in [0, 0.1) is 5.41 Å². The lowest BCUT2D eigenvalue weighted by Crippen LogP contribution is -2.18. The Balaban J connectivity index is 2.53. The van der Waals surface area contributed by atoms with Crippen molar-refractivity contribution in [2.45, 2.75) is 37.7 Å². The van der Waals surface area contributed by atoms with Crippen LogP contribution in [-0.2, 0) is 11.2 Å². The standard InChI is InChI=1S/C15H20ClNO3S/c1-3-19-13-10(16)8-9-6-5-7-21-14(9)11(13)12(18)15(17)20-4-2/h8,12,17-18H,3-7H2,1-2H3. The fourth-order valence-corrected chi connectivity index (χ4v) is 3.87. The summed E-state index contributed by atoms with van der Waals surface area (Å²) in [7, 11) is 0. The number of benzene rings is 1.